The average molecular weight is 232 g/mol. The Morgan fingerprint density at radius 3 is 2.82 bits per heavy atom. The number of rotatable bonds is 2. The first-order valence-corrected chi connectivity index (χ1v) is 5.74. The van der Waals surface area contributed by atoms with Crippen LogP contribution in [0.2, 0.25) is 0 Å². The van der Waals surface area contributed by atoms with Gasteiger partial charge in [-0.2, -0.15) is 0 Å². The van der Waals surface area contributed by atoms with Gasteiger partial charge in [-0.05, 0) is 18.4 Å². The second kappa shape index (κ2) is 3.67. The first-order valence-electron chi connectivity index (χ1n) is 5.74. The van der Waals surface area contributed by atoms with Crippen LogP contribution in [0.5, 0.6) is 11.5 Å². The van der Waals surface area contributed by atoms with Gasteiger partial charge in [-0.3, -0.25) is 0 Å². The van der Waals surface area contributed by atoms with E-state index in [4.69, 9.17) is 15.2 Å². The van der Waals surface area contributed by atoms with Crippen molar-refractivity contribution in [3.05, 3.63) is 23.4 Å². The molecule has 2 aromatic rings. The highest BCUT2D eigenvalue weighted by Gasteiger charge is 2.25. The molecule has 1 aliphatic carbocycles. The van der Waals surface area contributed by atoms with Crippen LogP contribution in [0.1, 0.15) is 11.1 Å². The summed E-state index contributed by atoms with van der Waals surface area (Å²) < 4.78 is 10.8. The van der Waals surface area contributed by atoms with E-state index in [0.29, 0.717) is 0 Å². The molecule has 1 unspecified atom stereocenters. The van der Waals surface area contributed by atoms with Crippen molar-refractivity contribution < 1.29 is 9.47 Å². The van der Waals surface area contributed by atoms with Crippen LogP contribution in [0, 0.1) is 0 Å². The molecular weight excluding hydrogens is 216 g/mol. The van der Waals surface area contributed by atoms with Gasteiger partial charge in [0.2, 0.25) is 0 Å². The average Bonchev–Trinajstić information content (AvgIpc) is 2.72. The highest BCUT2D eigenvalue weighted by molar-refractivity contribution is 5.91. The van der Waals surface area contributed by atoms with E-state index in [-0.39, 0.29) is 6.04 Å². The molecule has 90 valence electrons. The summed E-state index contributed by atoms with van der Waals surface area (Å²) in [7, 11) is 3.33. The van der Waals surface area contributed by atoms with Crippen molar-refractivity contribution >= 4 is 10.9 Å². The number of aromatic amines is 1. The summed E-state index contributed by atoms with van der Waals surface area (Å²) in [6.45, 7) is 0. The molecule has 0 saturated carbocycles. The van der Waals surface area contributed by atoms with Crippen molar-refractivity contribution in [3.63, 3.8) is 0 Å². The largest absolute Gasteiger partial charge is 0.493 e. The van der Waals surface area contributed by atoms with Crippen molar-refractivity contribution in [2.75, 3.05) is 14.2 Å². The molecule has 3 rings (SSSR count). The third-order valence-corrected chi connectivity index (χ3v) is 3.44. The van der Waals surface area contributed by atoms with Gasteiger partial charge >= 0.3 is 0 Å². The van der Waals surface area contributed by atoms with Crippen LogP contribution in [0.25, 0.3) is 10.9 Å². The van der Waals surface area contributed by atoms with E-state index in [1.807, 2.05) is 12.3 Å². The third-order valence-electron chi connectivity index (χ3n) is 3.44. The molecule has 1 heterocycles. The lowest BCUT2D eigenvalue weighted by Gasteiger charge is -2.22. The molecule has 17 heavy (non-hydrogen) atoms. The summed E-state index contributed by atoms with van der Waals surface area (Å²) in [5.74, 6) is 1.58. The normalized spacial score (nSPS) is 18.4. The second-order valence-electron chi connectivity index (χ2n) is 4.50. The van der Waals surface area contributed by atoms with Gasteiger partial charge in [0.05, 0.1) is 14.2 Å². The molecule has 1 atom stereocenters. The molecule has 3 N–H and O–H groups in total. The number of aromatic nitrogens is 1. The van der Waals surface area contributed by atoms with Gasteiger partial charge in [0.25, 0.3) is 0 Å². The molecular formula is C13H16N2O2. The zero-order valence-electron chi connectivity index (χ0n) is 10.0. The first-order chi connectivity index (χ1) is 8.24. The molecule has 0 amide bonds. The molecule has 0 fully saturated rings. The standard InChI is InChI=1S/C13H16N2O2/c1-16-11-5-10-12-7(6-15-10)3-8(14)4-9(12)13(11)17-2/h5-6,8,15H,3-4,14H2,1-2H3. The summed E-state index contributed by atoms with van der Waals surface area (Å²) in [5.41, 5.74) is 9.62. The number of benzene rings is 1. The van der Waals surface area contributed by atoms with Crippen LogP contribution in [0.3, 0.4) is 0 Å². The highest BCUT2D eigenvalue weighted by atomic mass is 16.5. The Morgan fingerprint density at radius 2 is 2.12 bits per heavy atom. The van der Waals surface area contributed by atoms with E-state index >= 15 is 0 Å². The zero-order chi connectivity index (χ0) is 12.0. The molecule has 0 bridgehead atoms. The van der Waals surface area contributed by atoms with Crippen LogP contribution in [0.15, 0.2) is 12.3 Å². The molecule has 4 nitrogen and oxygen atoms in total. The molecule has 0 saturated heterocycles. The number of methoxy groups -OCH3 is 2. The van der Waals surface area contributed by atoms with Gasteiger partial charge in [-0.25, -0.2) is 0 Å². The Morgan fingerprint density at radius 1 is 1.29 bits per heavy atom. The minimum absolute atomic E-state index is 0.155. The van der Waals surface area contributed by atoms with Crippen LogP contribution in [-0.4, -0.2) is 25.2 Å². The van der Waals surface area contributed by atoms with Crippen molar-refractivity contribution in [2.24, 2.45) is 5.73 Å². The first kappa shape index (κ1) is 10.5. The molecule has 1 aliphatic rings. The van der Waals surface area contributed by atoms with Gasteiger partial charge in [0, 0.05) is 34.8 Å². The van der Waals surface area contributed by atoms with E-state index in [0.717, 1.165) is 35.4 Å². The molecule has 0 radical (unpaired) electrons. The number of ether oxygens (including phenoxy) is 2. The molecule has 4 heteroatoms. The minimum atomic E-state index is 0.155. The Hall–Kier alpha value is -1.68. The minimum Gasteiger partial charge on any atom is -0.493 e. The second-order valence-corrected chi connectivity index (χ2v) is 4.50. The van der Waals surface area contributed by atoms with E-state index in [1.54, 1.807) is 14.2 Å². The van der Waals surface area contributed by atoms with Gasteiger partial charge < -0.3 is 20.2 Å². The number of hydrogen-bond donors (Lipinski definition) is 2. The molecule has 1 aromatic carbocycles. The van der Waals surface area contributed by atoms with Crippen molar-refractivity contribution in [1.29, 1.82) is 0 Å². The lowest BCUT2D eigenvalue weighted by molar-refractivity contribution is 0.351. The number of hydrogen-bond acceptors (Lipinski definition) is 3. The smallest absolute Gasteiger partial charge is 0.164 e. The Kier molecular flexibility index (Phi) is 2.26. The summed E-state index contributed by atoms with van der Waals surface area (Å²) in [5, 5.41) is 1.25. The van der Waals surface area contributed by atoms with Crippen molar-refractivity contribution in [1.82, 2.24) is 4.98 Å². The fourth-order valence-corrected chi connectivity index (χ4v) is 2.76. The van der Waals surface area contributed by atoms with Gasteiger partial charge in [0.15, 0.2) is 11.5 Å². The summed E-state index contributed by atoms with van der Waals surface area (Å²) >= 11 is 0. The summed E-state index contributed by atoms with van der Waals surface area (Å²) in [4.78, 5) is 3.28. The van der Waals surface area contributed by atoms with Gasteiger partial charge in [-0.15, -0.1) is 0 Å². The third kappa shape index (κ3) is 1.41. The fraction of sp³-hybridized carbons (Fsp3) is 0.385. The zero-order valence-corrected chi connectivity index (χ0v) is 10.0. The molecule has 0 aliphatic heterocycles. The number of H-pyrrole nitrogens is 1. The number of nitrogens with one attached hydrogen (secondary N) is 1. The molecule has 0 spiro atoms. The Balaban J connectivity index is 2.36. The highest BCUT2D eigenvalue weighted by Crippen LogP contribution is 2.41. The van der Waals surface area contributed by atoms with E-state index in [1.165, 1.54) is 10.9 Å². The monoisotopic (exact) mass is 232 g/mol. The topological polar surface area (TPSA) is 60.3 Å². The van der Waals surface area contributed by atoms with Crippen molar-refractivity contribution in [3.8, 4) is 11.5 Å². The van der Waals surface area contributed by atoms with Crippen LogP contribution >= 0.6 is 0 Å². The SMILES string of the molecule is COc1cc2[nH]cc3c2c(c1OC)CC(N)C3. The lowest BCUT2D eigenvalue weighted by atomic mass is 9.89. The summed E-state index contributed by atoms with van der Waals surface area (Å²) in [6.07, 6.45) is 3.79. The maximum absolute atomic E-state index is 6.09. The predicted octanol–water partition coefficient (Wildman–Crippen LogP) is 1.61. The maximum Gasteiger partial charge on any atom is 0.164 e. The van der Waals surface area contributed by atoms with E-state index in [9.17, 15) is 0 Å². The van der Waals surface area contributed by atoms with Crippen LogP contribution < -0.4 is 15.2 Å². The summed E-state index contributed by atoms with van der Waals surface area (Å²) in [6, 6.07) is 2.14. The van der Waals surface area contributed by atoms with Crippen molar-refractivity contribution in [2.45, 2.75) is 18.9 Å². The van der Waals surface area contributed by atoms with Crippen LogP contribution in [0.4, 0.5) is 0 Å². The number of nitrogens with two attached hydrogens (primary N) is 1. The van der Waals surface area contributed by atoms with Gasteiger partial charge in [-0.1, -0.05) is 0 Å². The fourth-order valence-electron chi connectivity index (χ4n) is 2.76. The maximum atomic E-state index is 6.09. The molecule has 1 aromatic heterocycles. The Labute approximate surface area is 99.7 Å². The lowest BCUT2D eigenvalue weighted by Crippen LogP contribution is -2.28. The van der Waals surface area contributed by atoms with Gasteiger partial charge in [0.1, 0.15) is 0 Å². The predicted molar refractivity (Wildman–Crippen MR) is 66.8 cm³/mol. The van der Waals surface area contributed by atoms with Crippen LogP contribution in [-0.2, 0) is 12.8 Å². The van der Waals surface area contributed by atoms with E-state index < -0.39 is 0 Å². The quantitative estimate of drug-likeness (QED) is 0.827. The Bertz CT molecular complexity index is 574. The van der Waals surface area contributed by atoms with E-state index in [2.05, 4.69) is 4.98 Å².